The molecule has 0 spiro atoms. The fraction of sp³-hybridized carbons (Fsp3) is 0.500. The van der Waals surface area contributed by atoms with Gasteiger partial charge in [0.15, 0.2) is 0 Å². The first-order valence-electron chi connectivity index (χ1n) is 8.23. The zero-order valence-electron chi connectivity index (χ0n) is 12.8. The van der Waals surface area contributed by atoms with Crippen LogP contribution in [0.1, 0.15) is 50.6 Å². The summed E-state index contributed by atoms with van der Waals surface area (Å²) in [7, 11) is 0. The Bertz CT molecular complexity index is 547. The highest BCUT2D eigenvalue weighted by Crippen LogP contribution is 2.33. The molecule has 0 radical (unpaired) electrons. The third-order valence-electron chi connectivity index (χ3n) is 4.53. The molecule has 1 aliphatic rings. The Labute approximate surface area is 127 Å². The molecule has 0 amide bonds. The van der Waals surface area contributed by atoms with Crippen LogP contribution in [0, 0.1) is 0 Å². The molecule has 2 aromatic rings. The summed E-state index contributed by atoms with van der Waals surface area (Å²) in [6.45, 7) is 3.25. The molecule has 1 aliphatic carbocycles. The predicted molar refractivity (Wildman–Crippen MR) is 86.9 cm³/mol. The van der Waals surface area contributed by atoms with E-state index in [-0.39, 0.29) is 0 Å². The molecule has 21 heavy (non-hydrogen) atoms. The molecule has 1 aromatic heterocycles. The van der Waals surface area contributed by atoms with Crippen LogP contribution in [0.3, 0.4) is 0 Å². The van der Waals surface area contributed by atoms with Gasteiger partial charge in [0.25, 0.3) is 0 Å². The lowest BCUT2D eigenvalue weighted by Gasteiger charge is -2.26. The van der Waals surface area contributed by atoms with E-state index in [2.05, 4.69) is 58.4 Å². The summed E-state index contributed by atoms with van der Waals surface area (Å²) in [6.07, 6.45) is 8.50. The van der Waals surface area contributed by atoms with E-state index in [9.17, 15) is 0 Å². The Morgan fingerprint density at radius 3 is 2.71 bits per heavy atom. The molecule has 1 aromatic carbocycles. The van der Waals surface area contributed by atoms with Gasteiger partial charge in [0.2, 0.25) is 0 Å². The van der Waals surface area contributed by atoms with Crippen LogP contribution in [0.15, 0.2) is 42.6 Å². The maximum atomic E-state index is 4.58. The van der Waals surface area contributed by atoms with E-state index in [4.69, 9.17) is 0 Å². The van der Waals surface area contributed by atoms with Gasteiger partial charge in [0, 0.05) is 23.9 Å². The number of para-hydroxylation sites is 1. The van der Waals surface area contributed by atoms with Crippen molar-refractivity contribution in [3.8, 4) is 5.69 Å². The molecule has 2 atom stereocenters. The topological polar surface area (TPSA) is 29.9 Å². The largest absolute Gasteiger partial charge is 0.314 e. The number of benzene rings is 1. The van der Waals surface area contributed by atoms with E-state index >= 15 is 0 Å². The normalized spacial score (nSPS) is 22.9. The summed E-state index contributed by atoms with van der Waals surface area (Å²) in [5.41, 5.74) is 2.52. The minimum Gasteiger partial charge on any atom is -0.314 e. The van der Waals surface area contributed by atoms with Crippen LogP contribution in [-0.4, -0.2) is 22.4 Å². The van der Waals surface area contributed by atoms with E-state index in [1.807, 2.05) is 6.20 Å². The van der Waals surface area contributed by atoms with Gasteiger partial charge in [-0.1, -0.05) is 44.4 Å². The SMILES string of the molecule is CCNC1CCCCCC1c1ccnn1-c1ccccc1. The second-order valence-corrected chi connectivity index (χ2v) is 5.91. The Morgan fingerprint density at radius 1 is 1.10 bits per heavy atom. The average molecular weight is 283 g/mol. The van der Waals surface area contributed by atoms with Crippen molar-refractivity contribution in [2.45, 2.75) is 51.0 Å². The van der Waals surface area contributed by atoms with Crippen LogP contribution >= 0.6 is 0 Å². The molecule has 0 bridgehead atoms. The second kappa shape index (κ2) is 6.90. The molecule has 1 fully saturated rings. The fourth-order valence-corrected chi connectivity index (χ4v) is 3.55. The summed E-state index contributed by atoms with van der Waals surface area (Å²) < 4.78 is 2.13. The number of nitrogens with zero attached hydrogens (tertiary/aromatic N) is 2. The highest BCUT2D eigenvalue weighted by Gasteiger charge is 2.27. The van der Waals surface area contributed by atoms with Crippen LogP contribution in [0.25, 0.3) is 5.69 Å². The molecule has 1 heterocycles. The lowest BCUT2D eigenvalue weighted by atomic mass is 9.91. The summed E-state index contributed by atoms with van der Waals surface area (Å²) in [4.78, 5) is 0. The number of aromatic nitrogens is 2. The van der Waals surface area contributed by atoms with E-state index in [0.717, 1.165) is 12.2 Å². The van der Waals surface area contributed by atoms with Crippen molar-refractivity contribution in [1.29, 1.82) is 0 Å². The van der Waals surface area contributed by atoms with Gasteiger partial charge >= 0.3 is 0 Å². The third-order valence-corrected chi connectivity index (χ3v) is 4.53. The first kappa shape index (κ1) is 14.3. The monoisotopic (exact) mass is 283 g/mol. The minimum absolute atomic E-state index is 0.565. The number of likely N-dealkylation sites (N-methyl/N-ethyl adjacent to an activating group) is 1. The van der Waals surface area contributed by atoms with Gasteiger partial charge < -0.3 is 5.32 Å². The van der Waals surface area contributed by atoms with Crippen LogP contribution < -0.4 is 5.32 Å². The van der Waals surface area contributed by atoms with Gasteiger partial charge in [-0.2, -0.15) is 5.10 Å². The molecule has 3 nitrogen and oxygen atoms in total. The Balaban J connectivity index is 1.93. The first-order chi connectivity index (χ1) is 10.4. The van der Waals surface area contributed by atoms with Crippen molar-refractivity contribution in [2.24, 2.45) is 0 Å². The highest BCUT2D eigenvalue weighted by molar-refractivity contribution is 5.33. The summed E-state index contributed by atoms with van der Waals surface area (Å²) in [6, 6.07) is 13.3. The molecule has 0 saturated heterocycles. The van der Waals surface area contributed by atoms with Crippen molar-refractivity contribution < 1.29 is 0 Å². The maximum absolute atomic E-state index is 4.58. The first-order valence-corrected chi connectivity index (χ1v) is 8.23. The predicted octanol–water partition coefficient (Wildman–Crippen LogP) is 3.90. The molecule has 112 valence electrons. The van der Waals surface area contributed by atoms with Gasteiger partial charge in [-0.25, -0.2) is 4.68 Å². The van der Waals surface area contributed by atoms with Crippen LogP contribution in [0.2, 0.25) is 0 Å². The molecule has 3 rings (SSSR count). The zero-order valence-corrected chi connectivity index (χ0v) is 12.8. The smallest absolute Gasteiger partial charge is 0.0648 e. The van der Waals surface area contributed by atoms with Gasteiger partial charge in [0.05, 0.1) is 5.69 Å². The standard InChI is InChI=1S/C18H25N3/c1-2-19-17-12-8-4-7-11-16(17)18-13-14-20-21(18)15-9-5-3-6-10-15/h3,5-6,9-10,13-14,16-17,19H,2,4,7-8,11-12H2,1H3. The van der Waals surface area contributed by atoms with Crippen molar-refractivity contribution in [3.05, 3.63) is 48.3 Å². The van der Waals surface area contributed by atoms with E-state index in [1.54, 1.807) is 0 Å². The van der Waals surface area contributed by atoms with E-state index in [1.165, 1.54) is 37.8 Å². The number of hydrogen-bond acceptors (Lipinski definition) is 2. The number of hydrogen-bond donors (Lipinski definition) is 1. The van der Waals surface area contributed by atoms with E-state index in [0.29, 0.717) is 12.0 Å². The second-order valence-electron chi connectivity index (χ2n) is 5.91. The maximum Gasteiger partial charge on any atom is 0.0648 e. The molecule has 2 unspecified atom stereocenters. The van der Waals surface area contributed by atoms with Crippen molar-refractivity contribution in [1.82, 2.24) is 15.1 Å². The molecule has 1 saturated carbocycles. The van der Waals surface area contributed by atoms with Crippen LogP contribution in [0.4, 0.5) is 0 Å². The van der Waals surface area contributed by atoms with Gasteiger partial charge in [-0.15, -0.1) is 0 Å². The molecular formula is C18H25N3. The summed E-state index contributed by atoms with van der Waals surface area (Å²) in [5, 5.41) is 8.28. The third kappa shape index (κ3) is 3.18. The average Bonchev–Trinajstić information content (AvgIpc) is 2.89. The van der Waals surface area contributed by atoms with Gasteiger partial charge in [0.1, 0.15) is 0 Å². The lowest BCUT2D eigenvalue weighted by molar-refractivity contribution is 0.407. The molecular weight excluding hydrogens is 258 g/mol. The van der Waals surface area contributed by atoms with Gasteiger partial charge in [-0.05, 0) is 37.6 Å². The Morgan fingerprint density at radius 2 is 1.90 bits per heavy atom. The van der Waals surface area contributed by atoms with Crippen molar-refractivity contribution in [3.63, 3.8) is 0 Å². The Hall–Kier alpha value is -1.61. The van der Waals surface area contributed by atoms with Crippen molar-refractivity contribution in [2.75, 3.05) is 6.54 Å². The quantitative estimate of drug-likeness (QED) is 0.863. The highest BCUT2D eigenvalue weighted by atomic mass is 15.3. The van der Waals surface area contributed by atoms with Gasteiger partial charge in [-0.3, -0.25) is 0 Å². The molecule has 1 N–H and O–H groups in total. The zero-order chi connectivity index (χ0) is 14.5. The van der Waals surface area contributed by atoms with Crippen molar-refractivity contribution >= 4 is 0 Å². The summed E-state index contributed by atoms with van der Waals surface area (Å²) in [5.74, 6) is 0.565. The number of nitrogens with one attached hydrogen (secondary N) is 1. The number of rotatable bonds is 4. The minimum atomic E-state index is 0.565. The van der Waals surface area contributed by atoms with E-state index < -0.39 is 0 Å². The Kier molecular flexibility index (Phi) is 4.71. The van der Waals surface area contributed by atoms with Crippen LogP contribution in [-0.2, 0) is 0 Å². The molecule has 0 aliphatic heterocycles. The lowest BCUT2D eigenvalue weighted by Crippen LogP contribution is -2.35. The van der Waals surface area contributed by atoms with Crippen LogP contribution in [0.5, 0.6) is 0 Å². The fourth-order valence-electron chi connectivity index (χ4n) is 3.55. The molecule has 3 heteroatoms. The summed E-state index contributed by atoms with van der Waals surface area (Å²) >= 11 is 0.